The molecule has 0 aromatic carbocycles. The van der Waals surface area contributed by atoms with E-state index in [9.17, 15) is 19.2 Å². The van der Waals surface area contributed by atoms with Gasteiger partial charge in [0.25, 0.3) is 5.79 Å². The average molecular weight is 346 g/mol. The fourth-order valence-corrected chi connectivity index (χ4v) is 0.268. The molecule has 0 aliphatic carbocycles. The molecule has 9 nitrogen and oxygen atoms in total. The van der Waals surface area contributed by atoms with Gasteiger partial charge in [0.15, 0.2) is 0 Å². The first-order chi connectivity index (χ1) is 10.5. The summed E-state index contributed by atoms with van der Waals surface area (Å²) in [5.74, 6) is -6.92. The third-order valence-electron chi connectivity index (χ3n) is 1.65. The van der Waals surface area contributed by atoms with E-state index in [1.54, 1.807) is 0 Å². The van der Waals surface area contributed by atoms with Gasteiger partial charge in [0.1, 0.15) is 0 Å². The van der Waals surface area contributed by atoms with Gasteiger partial charge in [-0.05, 0) is 20.8 Å². The fraction of sp³-hybridized carbons (Fsp3) is 0.333. The van der Waals surface area contributed by atoms with Crippen molar-refractivity contribution in [1.29, 1.82) is 0 Å². The molecular formula is C15H22O9. The maximum Gasteiger partial charge on any atom is 0.373 e. The first kappa shape index (κ1) is 26.1. The molecule has 0 atom stereocenters. The number of carbonyl (C=O) groups excluding carboxylic acids is 2. The lowest BCUT2D eigenvalue weighted by molar-refractivity contribution is -0.203. The molecule has 0 aliphatic heterocycles. The summed E-state index contributed by atoms with van der Waals surface area (Å²) in [6, 6.07) is 0. The van der Waals surface area contributed by atoms with Gasteiger partial charge in [-0.3, -0.25) is 0 Å². The van der Waals surface area contributed by atoms with Crippen LogP contribution in [0.3, 0.4) is 0 Å². The van der Waals surface area contributed by atoms with Gasteiger partial charge in [-0.1, -0.05) is 19.7 Å². The summed E-state index contributed by atoms with van der Waals surface area (Å²) in [6.45, 7) is 14.5. The summed E-state index contributed by atoms with van der Waals surface area (Å²) in [4.78, 5) is 40.4. The Labute approximate surface area is 139 Å². The van der Waals surface area contributed by atoms with Gasteiger partial charge in [-0.2, -0.15) is 0 Å². The molecule has 0 fully saturated rings. The minimum Gasteiger partial charge on any atom is -0.478 e. The molecule has 0 unspecified atom stereocenters. The molecule has 0 amide bonds. The first-order valence-electron chi connectivity index (χ1n) is 6.18. The van der Waals surface area contributed by atoms with Crippen LogP contribution in [0.25, 0.3) is 0 Å². The lowest BCUT2D eigenvalue weighted by atomic mass is 10.3. The Morgan fingerprint density at radius 1 is 0.792 bits per heavy atom. The highest BCUT2D eigenvalue weighted by Gasteiger charge is 2.30. The van der Waals surface area contributed by atoms with E-state index < -0.39 is 29.7 Å². The van der Waals surface area contributed by atoms with Crippen LogP contribution in [0.1, 0.15) is 27.7 Å². The second-order valence-corrected chi connectivity index (χ2v) is 4.65. The average Bonchev–Trinajstić information content (AvgIpc) is 2.38. The zero-order chi connectivity index (χ0) is 20.2. The minimum atomic E-state index is -2.65. The molecular weight excluding hydrogens is 324 g/mol. The van der Waals surface area contributed by atoms with Crippen LogP contribution in [-0.2, 0) is 23.9 Å². The molecule has 4 N–H and O–H groups in total. The Morgan fingerprint density at radius 3 is 1.17 bits per heavy atom. The highest BCUT2D eigenvalue weighted by molar-refractivity contribution is 5.97. The van der Waals surface area contributed by atoms with Crippen LogP contribution in [0.2, 0.25) is 0 Å². The van der Waals surface area contributed by atoms with Crippen molar-refractivity contribution < 1.29 is 44.3 Å². The van der Waals surface area contributed by atoms with Crippen molar-refractivity contribution >= 4 is 23.9 Å². The smallest absolute Gasteiger partial charge is 0.373 e. The van der Waals surface area contributed by atoms with Crippen molar-refractivity contribution in [3.8, 4) is 0 Å². The van der Waals surface area contributed by atoms with Crippen molar-refractivity contribution in [2.75, 3.05) is 0 Å². The summed E-state index contributed by atoms with van der Waals surface area (Å²) in [5.41, 5.74) is 0.359. The molecule has 0 radical (unpaired) electrons. The zero-order valence-corrected chi connectivity index (χ0v) is 14.0. The second-order valence-electron chi connectivity index (χ2n) is 4.65. The summed E-state index contributed by atoms with van der Waals surface area (Å²) >= 11 is 0. The predicted octanol–water partition coefficient (Wildman–Crippen LogP) is 0.627. The largest absolute Gasteiger partial charge is 0.478 e. The second kappa shape index (κ2) is 11.7. The maximum atomic E-state index is 10.6. The van der Waals surface area contributed by atoms with Gasteiger partial charge in [0.2, 0.25) is 0 Å². The third kappa shape index (κ3) is 17.3. The highest BCUT2D eigenvalue weighted by atomic mass is 16.6. The molecule has 0 spiro atoms. The van der Waals surface area contributed by atoms with Crippen molar-refractivity contribution in [3.05, 3.63) is 36.5 Å². The number of carboxylic acid groups (broad SMARTS) is 2. The van der Waals surface area contributed by atoms with Crippen molar-refractivity contribution in [2.24, 2.45) is 0 Å². The number of aliphatic hydroxyl groups is 2. The van der Waals surface area contributed by atoms with Crippen LogP contribution in [-0.4, -0.2) is 50.1 Å². The van der Waals surface area contributed by atoms with Gasteiger partial charge in [-0.25, -0.2) is 19.2 Å². The SMILES string of the molecule is C=C(C)C(=O)O.C=C(C)C(=O)O.C=C(C)C(=O)OC(=O)C(C)(O)O. The molecule has 0 aromatic rings. The monoisotopic (exact) mass is 346 g/mol. The van der Waals surface area contributed by atoms with Crippen molar-refractivity contribution in [2.45, 2.75) is 33.5 Å². The van der Waals surface area contributed by atoms with E-state index in [1.807, 2.05) is 0 Å². The van der Waals surface area contributed by atoms with Gasteiger partial charge >= 0.3 is 23.9 Å². The molecule has 0 saturated heterocycles. The molecule has 0 rings (SSSR count). The number of hydrogen-bond acceptors (Lipinski definition) is 7. The van der Waals surface area contributed by atoms with E-state index in [2.05, 4.69) is 24.5 Å². The first-order valence-corrected chi connectivity index (χ1v) is 6.18. The zero-order valence-electron chi connectivity index (χ0n) is 14.0. The third-order valence-corrected chi connectivity index (χ3v) is 1.65. The van der Waals surface area contributed by atoms with Crippen LogP contribution in [0.15, 0.2) is 36.5 Å². The maximum absolute atomic E-state index is 10.6. The molecule has 0 aromatic heterocycles. The molecule has 9 heteroatoms. The number of hydrogen-bond donors (Lipinski definition) is 4. The summed E-state index contributed by atoms with van der Waals surface area (Å²) < 4.78 is 4.00. The fourth-order valence-electron chi connectivity index (χ4n) is 0.268. The van der Waals surface area contributed by atoms with E-state index >= 15 is 0 Å². The minimum absolute atomic E-state index is 0.00704. The topological polar surface area (TPSA) is 158 Å². The van der Waals surface area contributed by atoms with Crippen LogP contribution in [0.4, 0.5) is 0 Å². The number of esters is 2. The number of rotatable bonds is 4. The van der Waals surface area contributed by atoms with Crippen LogP contribution in [0.5, 0.6) is 0 Å². The van der Waals surface area contributed by atoms with Crippen LogP contribution >= 0.6 is 0 Å². The van der Waals surface area contributed by atoms with Crippen LogP contribution in [0, 0.1) is 0 Å². The standard InChI is InChI=1S/C7H10O5.2C4H6O2/c1-4(2)5(8)12-6(9)7(3,10)11;2*1-3(2)4(5)6/h10-11H,1H2,2-3H3;2*1H2,2H3,(H,5,6). The summed E-state index contributed by atoms with van der Waals surface area (Å²) in [5, 5.41) is 33.0. The Morgan fingerprint density at radius 2 is 1.04 bits per heavy atom. The molecule has 0 heterocycles. The summed E-state index contributed by atoms with van der Waals surface area (Å²) in [7, 11) is 0. The Balaban J connectivity index is -0.000000309. The van der Waals surface area contributed by atoms with E-state index in [0.717, 1.165) is 6.92 Å². The predicted molar refractivity (Wildman–Crippen MR) is 83.7 cm³/mol. The quantitative estimate of drug-likeness (QED) is 0.248. The molecule has 136 valence electrons. The summed E-state index contributed by atoms with van der Waals surface area (Å²) in [6.07, 6.45) is 0. The Hall–Kier alpha value is -2.78. The van der Waals surface area contributed by atoms with Gasteiger partial charge in [0, 0.05) is 23.6 Å². The lowest BCUT2D eigenvalue weighted by Gasteiger charge is -2.12. The van der Waals surface area contributed by atoms with Crippen molar-refractivity contribution in [3.63, 3.8) is 0 Å². The van der Waals surface area contributed by atoms with Crippen molar-refractivity contribution in [1.82, 2.24) is 0 Å². The normalized spacial score (nSPS) is 9.08. The number of ether oxygens (including phenoxy) is 1. The highest BCUT2D eigenvalue weighted by Crippen LogP contribution is 2.02. The number of carbonyl (C=O) groups is 4. The Bertz CT molecular complexity index is 488. The van der Waals surface area contributed by atoms with E-state index in [1.165, 1.54) is 20.8 Å². The van der Waals surface area contributed by atoms with E-state index in [0.29, 0.717) is 0 Å². The molecule has 0 saturated carbocycles. The van der Waals surface area contributed by atoms with Gasteiger partial charge < -0.3 is 25.2 Å². The Kier molecular flexibility index (Phi) is 12.8. The van der Waals surface area contributed by atoms with Gasteiger partial charge in [0.05, 0.1) is 0 Å². The van der Waals surface area contributed by atoms with E-state index in [-0.39, 0.29) is 16.7 Å². The molecule has 24 heavy (non-hydrogen) atoms. The molecule has 0 bridgehead atoms. The number of aliphatic carboxylic acids is 2. The van der Waals surface area contributed by atoms with Gasteiger partial charge in [-0.15, -0.1) is 0 Å². The van der Waals surface area contributed by atoms with Crippen LogP contribution < -0.4 is 0 Å². The number of carboxylic acids is 2. The van der Waals surface area contributed by atoms with E-state index in [4.69, 9.17) is 20.4 Å². The molecule has 0 aliphatic rings. The lowest BCUT2D eigenvalue weighted by Crippen LogP contribution is -2.37.